The van der Waals surface area contributed by atoms with Crippen molar-refractivity contribution in [1.29, 1.82) is 0 Å². The normalized spacial score (nSPS) is 21.9. The summed E-state index contributed by atoms with van der Waals surface area (Å²) in [6.45, 7) is 3.62. The molecule has 2 heterocycles. The molecule has 0 saturated carbocycles. The van der Waals surface area contributed by atoms with Crippen molar-refractivity contribution < 1.29 is 23.4 Å². The molecule has 0 bridgehead atoms. The number of hydrogen-bond donors (Lipinski definition) is 0. The van der Waals surface area contributed by atoms with E-state index in [1.54, 1.807) is 19.1 Å². The van der Waals surface area contributed by atoms with Gasteiger partial charge in [-0.25, -0.2) is 4.39 Å². The van der Waals surface area contributed by atoms with E-state index in [4.69, 9.17) is 25.8 Å². The number of carbonyl (C=O) groups is 1. The predicted octanol–water partition coefficient (Wildman–Crippen LogP) is 4.48. The number of carbonyl (C=O) groups excluding carboxylic acids is 1. The third-order valence-electron chi connectivity index (χ3n) is 5.64. The average molecular weight is 420 g/mol. The van der Waals surface area contributed by atoms with E-state index in [1.165, 1.54) is 13.2 Å². The van der Waals surface area contributed by atoms with E-state index in [2.05, 4.69) is 4.90 Å². The van der Waals surface area contributed by atoms with Crippen molar-refractivity contribution in [3.63, 3.8) is 0 Å². The van der Waals surface area contributed by atoms with E-state index < -0.39 is 11.6 Å². The second kappa shape index (κ2) is 7.84. The lowest BCUT2D eigenvalue weighted by Gasteiger charge is -2.31. The molecule has 0 N–H and O–H groups in total. The van der Waals surface area contributed by atoms with Crippen molar-refractivity contribution in [2.24, 2.45) is 0 Å². The molecule has 0 amide bonds. The molecule has 2 aliphatic heterocycles. The Labute approximate surface area is 174 Å². The Morgan fingerprint density at radius 2 is 2.03 bits per heavy atom. The van der Waals surface area contributed by atoms with E-state index in [9.17, 15) is 9.18 Å². The summed E-state index contributed by atoms with van der Waals surface area (Å²) in [4.78, 5) is 13.6. The molecule has 0 aliphatic carbocycles. The molecule has 2 aromatic carbocycles. The molecule has 2 aromatic rings. The smallest absolute Gasteiger partial charge is 0.319 e. The van der Waals surface area contributed by atoms with Crippen molar-refractivity contribution in [2.75, 3.05) is 26.7 Å². The molecular formula is C22H23ClFNO4. The van der Waals surface area contributed by atoms with Gasteiger partial charge in [-0.15, -0.1) is 0 Å². The van der Waals surface area contributed by atoms with Gasteiger partial charge in [-0.2, -0.15) is 0 Å². The summed E-state index contributed by atoms with van der Waals surface area (Å²) in [7, 11) is 1.40. The minimum absolute atomic E-state index is 0.221. The molecule has 4 rings (SSSR count). The Kier molecular flexibility index (Phi) is 5.40. The topological polar surface area (TPSA) is 48.0 Å². The molecule has 7 heteroatoms. The van der Waals surface area contributed by atoms with Crippen molar-refractivity contribution >= 4 is 17.6 Å². The molecule has 1 unspecified atom stereocenters. The van der Waals surface area contributed by atoms with Gasteiger partial charge in [-0.3, -0.25) is 9.69 Å². The number of halogens is 2. The largest absolute Gasteiger partial charge is 0.468 e. The summed E-state index contributed by atoms with van der Waals surface area (Å²) in [5.74, 6) is -0.391. The second-order valence-corrected chi connectivity index (χ2v) is 8.01. The van der Waals surface area contributed by atoms with E-state index in [0.717, 1.165) is 31.5 Å². The van der Waals surface area contributed by atoms with Gasteiger partial charge in [0.05, 0.1) is 19.2 Å². The zero-order valence-corrected chi connectivity index (χ0v) is 17.2. The number of benzene rings is 2. The fourth-order valence-corrected chi connectivity index (χ4v) is 4.25. The number of piperidine rings is 1. The maximum Gasteiger partial charge on any atom is 0.319 e. The molecule has 5 nitrogen and oxygen atoms in total. The lowest BCUT2D eigenvalue weighted by molar-refractivity contribution is -0.142. The summed E-state index contributed by atoms with van der Waals surface area (Å²) in [6, 6.07) is 10.3. The highest BCUT2D eigenvalue weighted by molar-refractivity contribution is 6.30. The zero-order chi connectivity index (χ0) is 20.6. The van der Waals surface area contributed by atoms with E-state index >= 15 is 0 Å². The van der Waals surface area contributed by atoms with Crippen molar-refractivity contribution in [1.82, 2.24) is 4.90 Å². The van der Waals surface area contributed by atoms with Gasteiger partial charge < -0.3 is 14.2 Å². The Morgan fingerprint density at radius 1 is 1.28 bits per heavy atom. The van der Waals surface area contributed by atoms with Crippen LogP contribution in [-0.2, 0) is 15.3 Å². The lowest BCUT2D eigenvalue weighted by atomic mass is 9.88. The first kappa shape index (κ1) is 20.0. The number of ether oxygens (including phenoxy) is 3. The Bertz CT molecular complexity index is 929. The van der Waals surface area contributed by atoms with Crippen LogP contribution in [0.3, 0.4) is 0 Å². The average Bonchev–Trinajstić information content (AvgIpc) is 3.05. The number of methoxy groups -OCH3 is 1. The highest BCUT2D eigenvalue weighted by Gasteiger charge is 2.42. The first-order chi connectivity index (χ1) is 13.9. The van der Waals surface area contributed by atoms with E-state index in [-0.39, 0.29) is 11.9 Å². The van der Waals surface area contributed by atoms with Crippen molar-refractivity contribution in [3.05, 3.63) is 58.4 Å². The number of hydrogen-bond acceptors (Lipinski definition) is 5. The maximum atomic E-state index is 14.5. The number of nitrogens with zero attached hydrogens (tertiary/aromatic N) is 1. The van der Waals surface area contributed by atoms with Crippen LogP contribution in [0.1, 0.15) is 36.8 Å². The molecule has 0 spiro atoms. The van der Waals surface area contributed by atoms with Gasteiger partial charge in [-0.1, -0.05) is 23.7 Å². The van der Waals surface area contributed by atoms with Gasteiger partial charge in [0.2, 0.25) is 0 Å². The molecule has 1 fully saturated rings. The monoisotopic (exact) mass is 419 g/mol. The molecule has 0 aromatic heterocycles. The zero-order valence-electron chi connectivity index (χ0n) is 16.4. The minimum Gasteiger partial charge on any atom is -0.468 e. The maximum absolute atomic E-state index is 14.5. The molecule has 2 aliphatic rings. The Balaban J connectivity index is 1.53. The van der Waals surface area contributed by atoms with Gasteiger partial charge in [0, 0.05) is 17.5 Å². The standard InChI is InChI=1S/C22H23ClFNO4/c1-22(17-7-6-15(23)12-18(17)24)28-19-5-3-4-16(21(19)29-22)14-8-10-25(11-9-14)13-20(26)27-2/h3-7,12,14H,8-11,13H2,1-2H3. The van der Waals surface area contributed by atoms with Gasteiger partial charge >= 0.3 is 5.97 Å². The van der Waals surface area contributed by atoms with Crippen molar-refractivity contribution in [3.8, 4) is 11.5 Å². The number of fused-ring (bicyclic) bond motifs is 1. The fraction of sp³-hybridized carbons (Fsp3) is 0.409. The van der Waals surface area contributed by atoms with Crippen LogP contribution in [0.25, 0.3) is 0 Å². The van der Waals surface area contributed by atoms with Crippen LogP contribution in [-0.4, -0.2) is 37.6 Å². The molecule has 0 radical (unpaired) electrons. The van der Waals surface area contributed by atoms with Gasteiger partial charge in [0.25, 0.3) is 5.79 Å². The van der Waals surface area contributed by atoms with Crippen LogP contribution >= 0.6 is 11.6 Å². The highest BCUT2D eigenvalue weighted by Crippen LogP contribution is 2.49. The summed E-state index contributed by atoms with van der Waals surface area (Å²) >= 11 is 5.88. The quantitative estimate of drug-likeness (QED) is 0.684. The number of esters is 1. The third kappa shape index (κ3) is 3.91. The molecule has 29 heavy (non-hydrogen) atoms. The Hall–Kier alpha value is -2.31. The first-order valence-electron chi connectivity index (χ1n) is 9.65. The summed E-state index contributed by atoms with van der Waals surface area (Å²) in [5.41, 5.74) is 1.36. The van der Waals surface area contributed by atoms with Gasteiger partial charge in [0.1, 0.15) is 5.82 Å². The first-order valence-corrected chi connectivity index (χ1v) is 10.0. The molecule has 1 saturated heterocycles. The van der Waals surface area contributed by atoms with Crippen LogP contribution in [0.5, 0.6) is 11.5 Å². The SMILES string of the molecule is COC(=O)CN1CCC(c2cccc3c2OC(C)(c2ccc(Cl)cc2F)O3)CC1. The van der Waals surface area contributed by atoms with Crippen LogP contribution in [0, 0.1) is 5.82 Å². The molecule has 1 atom stereocenters. The Morgan fingerprint density at radius 3 is 2.72 bits per heavy atom. The van der Waals surface area contributed by atoms with Crippen LogP contribution in [0.4, 0.5) is 4.39 Å². The lowest BCUT2D eigenvalue weighted by Crippen LogP contribution is -2.37. The minimum atomic E-state index is -1.25. The van der Waals surface area contributed by atoms with Crippen molar-refractivity contribution in [2.45, 2.75) is 31.5 Å². The summed E-state index contributed by atoms with van der Waals surface area (Å²) in [5, 5.41) is 0.324. The van der Waals surface area contributed by atoms with Crippen LogP contribution in [0.15, 0.2) is 36.4 Å². The predicted molar refractivity (Wildman–Crippen MR) is 107 cm³/mol. The highest BCUT2D eigenvalue weighted by atomic mass is 35.5. The fourth-order valence-electron chi connectivity index (χ4n) is 4.09. The van der Waals surface area contributed by atoms with Crippen LogP contribution in [0.2, 0.25) is 5.02 Å². The van der Waals surface area contributed by atoms with E-state index in [1.807, 2.05) is 18.2 Å². The number of rotatable bonds is 4. The van der Waals surface area contributed by atoms with Crippen LogP contribution < -0.4 is 9.47 Å². The van der Waals surface area contributed by atoms with E-state index in [0.29, 0.717) is 28.6 Å². The summed E-state index contributed by atoms with van der Waals surface area (Å²) in [6.07, 6.45) is 1.78. The van der Waals surface area contributed by atoms with Gasteiger partial charge in [0.15, 0.2) is 11.5 Å². The number of para-hydroxylation sites is 1. The molecular weight excluding hydrogens is 397 g/mol. The third-order valence-corrected chi connectivity index (χ3v) is 5.87. The second-order valence-electron chi connectivity index (χ2n) is 7.58. The number of likely N-dealkylation sites (tertiary alicyclic amines) is 1. The summed E-state index contributed by atoms with van der Waals surface area (Å²) < 4.78 is 31.5. The molecule has 154 valence electrons. The van der Waals surface area contributed by atoms with Gasteiger partial charge in [-0.05, 0) is 56.1 Å².